The number of halogens is 6. The van der Waals surface area contributed by atoms with Gasteiger partial charge in [0.25, 0.3) is 5.91 Å². The van der Waals surface area contributed by atoms with Crippen LogP contribution in [0, 0.1) is 34.9 Å². The van der Waals surface area contributed by atoms with Crippen molar-refractivity contribution in [1.82, 2.24) is 5.01 Å². The third-order valence-electron chi connectivity index (χ3n) is 5.49. The van der Waals surface area contributed by atoms with Crippen molar-refractivity contribution in [3.63, 3.8) is 0 Å². The molecule has 1 heterocycles. The van der Waals surface area contributed by atoms with Gasteiger partial charge in [0.05, 0.1) is 19.2 Å². The molecule has 3 aromatic rings. The molecule has 1 aliphatic rings. The van der Waals surface area contributed by atoms with Crippen molar-refractivity contribution in [1.29, 1.82) is 0 Å². The number of hydrazine groups is 1. The Morgan fingerprint density at radius 1 is 0.895 bits per heavy atom. The van der Waals surface area contributed by atoms with Gasteiger partial charge in [-0.25, -0.2) is 31.4 Å². The number of nitrogens with one attached hydrogen (secondary N) is 2. The Bertz CT molecular complexity index is 1390. The highest BCUT2D eigenvalue weighted by atomic mass is 32.1. The van der Waals surface area contributed by atoms with Crippen LogP contribution in [0.1, 0.15) is 6.42 Å². The number of carbonyl (C=O) groups is 2. The second-order valence-corrected chi connectivity index (χ2v) is 8.22. The molecular weight excluding hydrogens is 538 g/mol. The van der Waals surface area contributed by atoms with Crippen LogP contribution >= 0.6 is 12.2 Å². The number of amides is 2. The Morgan fingerprint density at radius 3 is 2.00 bits per heavy atom. The highest BCUT2D eigenvalue weighted by Gasteiger charge is 2.45. The first kappa shape index (κ1) is 26.7. The van der Waals surface area contributed by atoms with Crippen molar-refractivity contribution in [2.45, 2.75) is 12.5 Å². The average Bonchev–Trinajstić information content (AvgIpc) is 3.13. The van der Waals surface area contributed by atoms with Crippen molar-refractivity contribution in [2.75, 3.05) is 22.8 Å². The zero-order valence-corrected chi connectivity index (χ0v) is 20.0. The first-order chi connectivity index (χ1) is 18.0. The minimum absolute atomic E-state index is 0.0312. The molecule has 0 aliphatic carbocycles. The number of rotatable bonds is 7. The van der Waals surface area contributed by atoms with Crippen LogP contribution in [-0.4, -0.2) is 35.1 Å². The van der Waals surface area contributed by atoms with Gasteiger partial charge in [-0.1, -0.05) is 0 Å². The second kappa shape index (κ2) is 10.6. The van der Waals surface area contributed by atoms with Gasteiger partial charge in [0.15, 0.2) is 23.3 Å². The van der Waals surface area contributed by atoms with Crippen LogP contribution in [0.5, 0.6) is 5.75 Å². The van der Waals surface area contributed by atoms with Gasteiger partial charge in [0.2, 0.25) is 16.8 Å². The summed E-state index contributed by atoms with van der Waals surface area (Å²) >= 11 is 5.24. The topological polar surface area (TPSA) is 73.9 Å². The highest BCUT2D eigenvalue weighted by molar-refractivity contribution is 7.80. The number of carbonyl (C=O) groups excluding carboxylic acids is 2. The van der Waals surface area contributed by atoms with E-state index in [2.05, 4.69) is 5.32 Å². The first-order valence-corrected chi connectivity index (χ1v) is 11.1. The van der Waals surface area contributed by atoms with Gasteiger partial charge >= 0.3 is 0 Å². The maximum absolute atomic E-state index is 14.4. The summed E-state index contributed by atoms with van der Waals surface area (Å²) in [6, 6.07) is 8.90. The van der Waals surface area contributed by atoms with E-state index in [9.17, 15) is 35.9 Å². The van der Waals surface area contributed by atoms with Crippen LogP contribution in [0.4, 0.5) is 43.4 Å². The van der Waals surface area contributed by atoms with Crippen LogP contribution in [0.25, 0.3) is 0 Å². The fourth-order valence-electron chi connectivity index (χ4n) is 3.61. The lowest BCUT2D eigenvalue weighted by molar-refractivity contribution is -0.124. The molecule has 0 spiro atoms. The predicted molar refractivity (Wildman–Crippen MR) is 128 cm³/mol. The van der Waals surface area contributed by atoms with Crippen molar-refractivity contribution in [2.24, 2.45) is 0 Å². The van der Waals surface area contributed by atoms with Crippen LogP contribution in [0.3, 0.4) is 0 Å². The zero-order chi connectivity index (χ0) is 27.7. The van der Waals surface area contributed by atoms with E-state index in [0.29, 0.717) is 16.4 Å². The van der Waals surface area contributed by atoms with E-state index in [-0.39, 0.29) is 5.69 Å². The summed E-state index contributed by atoms with van der Waals surface area (Å²) < 4.78 is 88.4. The Balaban J connectivity index is 1.68. The van der Waals surface area contributed by atoms with Crippen molar-refractivity contribution >= 4 is 46.2 Å². The molecule has 0 unspecified atom stereocenters. The third-order valence-corrected chi connectivity index (χ3v) is 5.87. The lowest BCUT2D eigenvalue weighted by Crippen LogP contribution is -2.42. The summed E-state index contributed by atoms with van der Waals surface area (Å²) in [5, 5.41) is 2.66. The Kier molecular flexibility index (Phi) is 7.44. The van der Waals surface area contributed by atoms with Gasteiger partial charge in [-0.2, -0.15) is 0 Å². The molecule has 1 aliphatic heterocycles. The van der Waals surface area contributed by atoms with Gasteiger partial charge in [-0.05, 0) is 60.7 Å². The van der Waals surface area contributed by atoms with E-state index in [0.717, 1.165) is 17.0 Å². The zero-order valence-electron chi connectivity index (χ0n) is 19.2. The van der Waals surface area contributed by atoms with Crippen molar-refractivity contribution < 1.29 is 40.7 Å². The number of methoxy groups -OCH3 is 1. The number of nitrogens with zero attached hydrogens (tertiary/aromatic N) is 2. The van der Waals surface area contributed by atoms with Gasteiger partial charge in [0.1, 0.15) is 23.3 Å². The van der Waals surface area contributed by atoms with E-state index in [1.165, 1.54) is 31.4 Å². The summed E-state index contributed by atoms with van der Waals surface area (Å²) in [4.78, 5) is 26.9. The molecule has 38 heavy (non-hydrogen) atoms. The molecule has 7 nitrogen and oxygen atoms in total. The molecule has 1 saturated heterocycles. The predicted octanol–water partition coefficient (Wildman–Crippen LogP) is 4.89. The van der Waals surface area contributed by atoms with E-state index < -0.39 is 70.0 Å². The van der Waals surface area contributed by atoms with Gasteiger partial charge in [-0.3, -0.25) is 19.9 Å². The second-order valence-electron chi connectivity index (χ2n) is 7.86. The minimum Gasteiger partial charge on any atom is -0.497 e. The van der Waals surface area contributed by atoms with Gasteiger partial charge < -0.3 is 10.1 Å². The van der Waals surface area contributed by atoms with E-state index in [4.69, 9.17) is 17.0 Å². The average molecular weight is 554 g/mol. The van der Waals surface area contributed by atoms with E-state index in [1.807, 2.05) is 5.43 Å². The molecule has 0 saturated carbocycles. The molecule has 0 aromatic heterocycles. The largest absolute Gasteiger partial charge is 0.497 e. The molecule has 14 heteroatoms. The fourth-order valence-corrected chi connectivity index (χ4v) is 3.98. The standard InChI is InChI=1S/C24H16F6N4O3S/c1-37-14-8-4-12(5-9-14)31-16(35)10-15-23(36)33(13-6-2-11(25)3-7-13)24(38)34(15)32-22-20(29)18(27)17(26)19(28)21(22)30/h2-9,15,32H,10H2,1H3,(H,31,35)/t15-/m1/s1. The SMILES string of the molecule is COc1ccc(NC(=O)C[C@@H]2C(=O)N(c3ccc(F)cc3)C(=S)N2Nc2c(F)c(F)c(F)c(F)c2F)cc1. The van der Waals surface area contributed by atoms with Crippen LogP contribution in [0.2, 0.25) is 0 Å². The lowest BCUT2D eigenvalue weighted by Gasteiger charge is -2.26. The smallest absolute Gasteiger partial charge is 0.258 e. The van der Waals surface area contributed by atoms with Crippen molar-refractivity contribution in [3.8, 4) is 5.75 Å². The Labute approximate surface area is 216 Å². The fraction of sp³-hybridized carbons (Fsp3) is 0.125. The number of hydrogen-bond acceptors (Lipinski definition) is 5. The molecule has 1 fully saturated rings. The lowest BCUT2D eigenvalue weighted by atomic mass is 10.1. The monoisotopic (exact) mass is 554 g/mol. The number of anilines is 3. The van der Waals surface area contributed by atoms with Crippen LogP contribution in [-0.2, 0) is 9.59 Å². The molecular formula is C24H16F6N4O3S. The Morgan fingerprint density at radius 2 is 1.45 bits per heavy atom. The summed E-state index contributed by atoms with van der Waals surface area (Å²) in [7, 11) is 1.45. The normalized spacial score (nSPS) is 15.2. The van der Waals surface area contributed by atoms with Crippen LogP contribution in [0.15, 0.2) is 48.5 Å². The third kappa shape index (κ3) is 4.94. The number of thiocarbonyl (C=S) groups is 1. The molecule has 1 atom stereocenters. The highest BCUT2D eigenvalue weighted by Crippen LogP contribution is 2.32. The number of hydrogen-bond donors (Lipinski definition) is 2. The summed E-state index contributed by atoms with van der Waals surface area (Å²) in [5.41, 5.74) is 0.836. The molecule has 3 aromatic carbocycles. The maximum atomic E-state index is 14.4. The summed E-state index contributed by atoms with van der Waals surface area (Å²) in [6.45, 7) is 0. The van der Waals surface area contributed by atoms with E-state index >= 15 is 0 Å². The molecule has 2 N–H and O–H groups in total. The number of ether oxygens (including phenoxy) is 1. The van der Waals surface area contributed by atoms with Crippen LogP contribution < -0.4 is 20.4 Å². The maximum Gasteiger partial charge on any atom is 0.258 e. The summed E-state index contributed by atoms with van der Waals surface area (Å²) in [5.74, 6) is -13.0. The van der Waals surface area contributed by atoms with Gasteiger partial charge in [0, 0.05) is 5.69 Å². The quantitative estimate of drug-likeness (QED) is 0.188. The Hall–Kier alpha value is -4.33. The first-order valence-electron chi connectivity index (χ1n) is 10.7. The van der Waals surface area contributed by atoms with Gasteiger partial charge in [-0.15, -0.1) is 0 Å². The molecule has 4 rings (SSSR count). The van der Waals surface area contributed by atoms with Crippen molar-refractivity contribution in [3.05, 3.63) is 83.4 Å². The molecule has 198 valence electrons. The molecule has 0 radical (unpaired) electrons. The summed E-state index contributed by atoms with van der Waals surface area (Å²) in [6.07, 6.45) is -0.662. The number of benzene rings is 3. The molecule has 2 amide bonds. The van der Waals surface area contributed by atoms with E-state index in [1.54, 1.807) is 12.1 Å². The minimum atomic E-state index is -2.38. The molecule has 0 bridgehead atoms.